The topological polar surface area (TPSA) is 24.1 Å². The van der Waals surface area contributed by atoms with Crippen molar-refractivity contribution in [3.8, 4) is 0 Å². The summed E-state index contributed by atoms with van der Waals surface area (Å²) in [5, 5.41) is 6.44. The Kier molecular flexibility index (Phi) is 5.73. The third-order valence-electron chi connectivity index (χ3n) is 0.957. The Morgan fingerprint density at radius 3 is 1.14 bits per heavy atom. The molecule has 7 heavy (non-hydrogen) atoms. The summed E-state index contributed by atoms with van der Waals surface area (Å²) in [5.74, 6) is 0. The van der Waals surface area contributed by atoms with Gasteiger partial charge in [-0.15, -0.1) is 0 Å². The number of piperazine rings is 1. The normalized spacial score (nSPS) is 20.6. The van der Waals surface area contributed by atoms with E-state index in [1.165, 1.54) is 0 Å². The second-order valence-electron chi connectivity index (χ2n) is 1.50. The molecule has 0 amide bonds. The quantitative estimate of drug-likeness (QED) is 0.372. The zero-order chi connectivity index (χ0) is 4.24. The molecular weight excluding hydrogens is 99.0 g/mol. The van der Waals surface area contributed by atoms with Gasteiger partial charge >= 0.3 is 29.6 Å². The van der Waals surface area contributed by atoms with E-state index in [9.17, 15) is 0 Å². The van der Waals surface area contributed by atoms with Crippen LogP contribution in [0.2, 0.25) is 0 Å². The Bertz CT molecular complexity index is 25.2. The third kappa shape index (κ3) is 3.50. The molecule has 0 bridgehead atoms. The van der Waals surface area contributed by atoms with Crippen LogP contribution in [0.4, 0.5) is 0 Å². The van der Waals surface area contributed by atoms with Gasteiger partial charge in [-0.05, 0) is 0 Å². The first-order valence-corrected chi connectivity index (χ1v) is 2.41. The molecule has 0 aromatic carbocycles. The van der Waals surface area contributed by atoms with Gasteiger partial charge < -0.3 is 10.6 Å². The van der Waals surface area contributed by atoms with Gasteiger partial charge in [0.05, 0.1) is 0 Å². The molecule has 1 aliphatic heterocycles. The molecule has 1 heterocycles. The Balaban J connectivity index is 0.000000360. The van der Waals surface area contributed by atoms with E-state index in [0.717, 1.165) is 26.2 Å². The second-order valence-corrected chi connectivity index (χ2v) is 1.50. The summed E-state index contributed by atoms with van der Waals surface area (Å²) in [6, 6.07) is 0. The van der Waals surface area contributed by atoms with Gasteiger partial charge in [0.15, 0.2) is 0 Å². The fourth-order valence-electron chi connectivity index (χ4n) is 0.604. The van der Waals surface area contributed by atoms with Crippen molar-refractivity contribution in [1.82, 2.24) is 10.6 Å². The van der Waals surface area contributed by atoms with Crippen LogP contribution in [-0.4, -0.2) is 55.7 Å². The van der Waals surface area contributed by atoms with E-state index in [-0.39, 0.29) is 29.6 Å². The van der Waals surface area contributed by atoms with Crippen molar-refractivity contribution < 1.29 is 0 Å². The molecule has 0 atom stereocenters. The maximum absolute atomic E-state index is 3.22. The Hall–Kier alpha value is 0.920. The summed E-state index contributed by atoms with van der Waals surface area (Å²) in [5.41, 5.74) is 0. The summed E-state index contributed by atoms with van der Waals surface area (Å²) < 4.78 is 0. The van der Waals surface area contributed by atoms with E-state index in [0.29, 0.717) is 0 Å². The molecule has 0 unspecified atom stereocenters. The van der Waals surface area contributed by atoms with E-state index >= 15 is 0 Å². The van der Waals surface area contributed by atoms with E-state index in [1.807, 2.05) is 0 Å². The van der Waals surface area contributed by atoms with Crippen LogP contribution in [0.25, 0.3) is 0 Å². The first-order valence-electron chi connectivity index (χ1n) is 2.41. The van der Waals surface area contributed by atoms with Crippen LogP contribution in [0.3, 0.4) is 0 Å². The van der Waals surface area contributed by atoms with Gasteiger partial charge in [-0.1, -0.05) is 0 Å². The SMILES string of the molecule is C1CNCCN1.[NaH]. The Morgan fingerprint density at radius 1 is 0.714 bits per heavy atom. The van der Waals surface area contributed by atoms with Crippen LogP contribution < -0.4 is 10.6 Å². The molecule has 1 saturated heterocycles. The van der Waals surface area contributed by atoms with E-state index in [4.69, 9.17) is 0 Å². The standard InChI is InChI=1S/C4H10N2.Na.H/c1-2-6-4-3-5-1;;/h5-6H,1-4H2;;. The van der Waals surface area contributed by atoms with Gasteiger partial charge in [-0.2, -0.15) is 0 Å². The summed E-state index contributed by atoms with van der Waals surface area (Å²) in [7, 11) is 0. The molecule has 1 rings (SSSR count). The van der Waals surface area contributed by atoms with Crippen molar-refractivity contribution in [3.05, 3.63) is 0 Å². The van der Waals surface area contributed by atoms with Gasteiger partial charge in [0.2, 0.25) is 0 Å². The number of hydrogen-bond donors (Lipinski definition) is 2. The van der Waals surface area contributed by atoms with Gasteiger partial charge in [-0.3, -0.25) is 0 Å². The van der Waals surface area contributed by atoms with Crippen LogP contribution in [0.5, 0.6) is 0 Å². The molecule has 0 aliphatic carbocycles. The Morgan fingerprint density at radius 2 is 1.00 bits per heavy atom. The fourth-order valence-corrected chi connectivity index (χ4v) is 0.604. The molecule has 38 valence electrons. The summed E-state index contributed by atoms with van der Waals surface area (Å²) in [6.45, 7) is 4.56. The van der Waals surface area contributed by atoms with Crippen molar-refractivity contribution in [1.29, 1.82) is 0 Å². The summed E-state index contributed by atoms with van der Waals surface area (Å²) in [4.78, 5) is 0. The zero-order valence-corrected chi connectivity index (χ0v) is 3.83. The van der Waals surface area contributed by atoms with Crippen molar-refractivity contribution in [3.63, 3.8) is 0 Å². The molecular formula is C4H11N2Na. The van der Waals surface area contributed by atoms with Crippen LogP contribution in [0, 0.1) is 0 Å². The van der Waals surface area contributed by atoms with Crippen LogP contribution in [0.1, 0.15) is 0 Å². The average molecular weight is 110 g/mol. The molecule has 0 aromatic heterocycles. The second kappa shape index (κ2) is 5.06. The number of rotatable bonds is 0. The van der Waals surface area contributed by atoms with Crippen LogP contribution >= 0.6 is 0 Å². The maximum atomic E-state index is 3.22. The monoisotopic (exact) mass is 110 g/mol. The predicted molar refractivity (Wildman–Crippen MR) is 32.9 cm³/mol. The van der Waals surface area contributed by atoms with E-state index in [2.05, 4.69) is 10.6 Å². The molecule has 0 aromatic rings. The molecule has 1 aliphatic rings. The van der Waals surface area contributed by atoms with Gasteiger partial charge in [0.25, 0.3) is 0 Å². The van der Waals surface area contributed by atoms with Gasteiger partial charge in [0, 0.05) is 26.2 Å². The summed E-state index contributed by atoms with van der Waals surface area (Å²) >= 11 is 0. The number of hydrogen-bond acceptors (Lipinski definition) is 2. The van der Waals surface area contributed by atoms with Crippen molar-refractivity contribution in [2.45, 2.75) is 0 Å². The number of nitrogens with one attached hydrogen (secondary N) is 2. The fraction of sp³-hybridized carbons (Fsp3) is 1.00. The third-order valence-corrected chi connectivity index (χ3v) is 0.957. The molecule has 1 fully saturated rings. The van der Waals surface area contributed by atoms with Crippen LogP contribution in [0.15, 0.2) is 0 Å². The molecule has 2 nitrogen and oxygen atoms in total. The predicted octanol–water partition coefficient (Wildman–Crippen LogP) is -1.47. The van der Waals surface area contributed by atoms with Crippen molar-refractivity contribution >= 4 is 29.6 Å². The zero-order valence-electron chi connectivity index (χ0n) is 3.83. The first-order chi connectivity index (χ1) is 3.00. The minimum atomic E-state index is 0. The van der Waals surface area contributed by atoms with Gasteiger partial charge in [0.1, 0.15) is 0 Å². The Labute approximate surface area is 66.3 Å². The van der Waals surface area contributed by atoms with Gasteiger partial charge in [-0.25, -0.2) is 0 Å². The van der Waals surface area contributed by atoms with Crippen molar-refractivity contribution in [2.75, 3.05) is 26.2 Å². The molecule has 0 spiro atoms. The molecule has 2 N–H and O–H groups in total. The van der Waals surface area contributed by atoms with Crippen LogP contribution in [-0.2, 0) is 0 Å². The first kappa shape index (κ1) is 7.92. The summed E-state index contributed by atoms with van der Waals surface area (Å²) in [6.07, 6.45) is 0. The molecule has 0 saturated carbocycles. The van der Waals surface area contributed by atoms with E-state index < -0.39 is 0 Å². The molecule has 0 radical (unpaired) electrons. The molecule has 3 heteroatoms. The minimum absolute atomic E-state index is 0. The van der Waals surface area contributed by atoms with E-state index in [1.54, 1.807) is 0 Å². The average Bonchev–Trinajstić information content (AvgIpc) is 1.72. The van der Waals surface area contributed by atoms with Crippen molar-refractivity contribution in [2.24, 2.45) is 0 Å².